The summed E-state index contributed by atoms with van der Waals surface area (Å²) in [6.07, 6.45) is 2.47. The molecule has 4 atom stereocenters. The summed E-state index contributed by atoms with van der Waals surface area (Å²) in [5.41, 5.74) is -0.800. The molecule has 2 aliphatic rings. The molecule has 5 nitrogen and oxygen atoms in total. The molecule has 4 rings (SSSR count). The quantitative estimate of drug-likeness (QED) is 0.624. The highest BCUT2D eigenvalue weighted by molar-refractivity contribution is 5.85. The molecule has 2 bridgehead atoms. The van der Waals surface area contributed by atoms with E-state index in [-0.39, 0.29) is 18.2 Å². The minimum atomic E-state index is -1.83. The molecule has 0 aromatic heterocycles. The number of esters is 1. The van der Waals surface area contributed by atoms with Gasteiger partial charge in [0.25, 0.3) is 0 Å². The maximum Gasteiger partial charge on any atom is 0.347 e. The fourth-order valence-corrected chi connectivity index (χ4v) is 5.20. The Morgan fingerprint density at radius 2 is 1.52 bits per heavy atom. The smallest absolute Gasteiger partial charge is 0.347 e. The Labute approximate surface area is 172 Å². The summed E-state index contributed by atoms with van der Waals surface area (Å²) >= 11 is 0. The SMILES string of the molecule is CO[C@H]1C[C@@H]2C[C@H](OC(=O)C(O)(c3ccccc3)c3ccccc3)C[C@H]1[N+]2(C)C. The lowest BCUT2D eigenvalue weighted by atomic mass is 9.86. The molecule has 2 aromatic carbocycles. The van der Waals surface area contributed by atoms with E-state index in [2.05, 4.69) is 14.1 Å². The zero-order valence-electron chi connectivity index (χ0n) is 17.3. The third-order valence-electron chi connectivity index (χ3n) is 7.02. The van der Waals surface area contributed by atoms with Crippen LogP contribution in [0.15, 0.2) is 60.7 Å². The molecule has 0 radical (unpaired) electrons. The lowest BCUT2D eigenvalue weighted by molar-refractivity contribution is -0.932. The molecule has 0 saturated carbocycles. The number of aliphatic hydroxyl groups is 1. The number of benzene rings is 2. The van der Waals surface area contributed by atoms with Gasteiger partial charge in [-0.2, -0.15) is 0 Å². The summed E-state index contributed by atoms with van der Waals surface area (Å²) < 4.78 is 12.6. The minimum absolute atomic E-state index is 0.181. The topological polar surface area (TPSA) is 55.8 Å². The van der Waals surface area contributed by atoms with Crippen molar-refractivity contribution in [3.63, 3.8) is 0 Å². The molecule has 29 heavy (non-hydrogen) atoms. The first-order chi connectivity index (χ1) is 13.9. The second kappa shape index (κ2) is 7.56. The zero-order chi connectivity index (χ0) is 20.6. The Morgan fingerprint density at radius 3 is 2.03 bits per heavy atom. The van der Waals surface area contributed by atoms with Gasteiger partial charge in [0.1, 0.15) is 18.2 Å². The molecule has 2 aromatic rings. The molecule has 2 saturated heterocycles. The van der Waals surface area contributed by atoms with Gasteiger partial charge in [0, 0.05) is 26.4 Å². The molecule has 2 aliphatic heterocycles. The van der Waals surface area contributed by atoms with E-state index in [1.54, 1.807) is 31.4 Å². The van der Waals surface area contributed by atoms with Gasteiger partial charge in [-0.1, -0.05) is 60.7 Å². The number of fused-ring (bicyclic) bond motifs is 2. The number of likely N-dealkylation sites (N-methyl/N-ethyl adjacent to an activating group) is 1. The predicted octanol–water partition coefficient (Wildman–Crippen LogP) is 2.86. The Kier molecular flexibility index (Phi) is 5.23. The van der Waals surface area contributed by atoms with Crippen molar-refractivity contribution in [1.29, 1.82) is 0 Å². The maximum absolute atomic E-state index is 13.4. The molecular weight excluding hydrogens is 366 g/mol. The molecule has 2 fully saturated rings. The lowest BCUT2D eigenvalue weighted by Crippen LogP contribution is -2.58. The first-order valence-corrected chi connectivity index (χ1v) is 10.3. The number of nitrogens with zero attached hydrogens (tertiary/aromatic N) is 1. The van der Waals surface area contributed by atoms with Crippen LogP contribution < -0.4 is 0 Å². The van der Waals surface area contributed by atoms with Crippen LogP contribution in [0.25, 0.3) is 0 Å². The number of carbonyl (C=O) groups excluding carboxylic acids is 1. The number of quaternary nitrogens is 1. The van der Waals surface area contributed by atoms with Crippen LogP contribution >= 0.6 is 0 Å². The van der Waals surface area contributed by atoms with Gasteiger partial charge >= 0.3 is 5.97 Å². The normalized spacial score (nSPS) is 28.1. The van der Waals surface area contributed by atoms with Gasteiger partial charge in [-0.25, -0.2) is 4.79 Å². The highest BCUT2D eigenvalue weighted by Gasteiger charge is 2.56. The van der Waals surface area contributed by atoms with E-state index >= 15 is 0 Å². The highest BCUT2D eigenvalue weighted by atomic mass is 16.6. The van der Waals surface area contributed by atoms with Gasteiger partial charge in [0.15, 0.2) is 0 Å². The van der Waals surface area contributed by atoms with Crippen molar-refractivity contribution in [2.24, 2.45) is 0 Å². The minimum Gasteiger partial charge on any atom is -0.459 e. The number of ether oxygens (including phenoxy) is 2. The van der Waals surface area contributed by atoms with Crippen molar-refractivity contribution in [3.8, 4) is 0 Å². The van der Waals surface area contributed by atoms with Crippen LogP contribution in [0.4, 0.5) is 0 Å². The standard InChI is InChI=1S/C24H30NO4/c1-25(2)19-14-20(16-21(25)22(15-19)28-3)29-23(26)24(27,17-10-6-4-7-11-17)18-12-8-5-9-13-18/h4-13,19-22,27H,14-16H2,1-3H3/q+1/t19-,20-,21+,22-/m0/s1. The second-order valence-corrected chi connectivity index (χ2v) is 8.80. The van der Waals surface area contributed by atoms with Crippen LogP contribution in [0.5, 0.6) is 0 Å². The van der Waals surface area contributed by atoms with Crippen LogP contribution in [0.2, 0.25) is 0 Å². The molecule has 0 aliphatic carbocycles. The Bertz CT molecular complexity index is 812. The van der Waals surface area contributed by atoms with Gasteiger partial charge in [0.2, 0.25) is 5.60 Å². The average Bonchev–Trinajstić information content (AvgIpc) is 2.87. The van der Waals surface area contributed by atoms with E-state index in [0.29, 0.717) is 17.2 Å². The van der Waals surface area contributed by atoms with Crippen molar-refractivity contribution in [2.75, 3.05) is 21.2 Å². The van der Waals surface area contributed by atoms with E-state index in [1.807, 2.05) is 36.4 Å². The van der Waals surface area contributed by atoms with Crippen molar-refractivity contribution >= 4 is 5.97 Å². The fraction of sp³-hybridized carbons (Fsp3) is 0.458. The van der Waals surface area contributed by atoms with Gasteiger partial charge in [-0.15, -0.1) is 0 Å². The van der Waals surface area contributed by atoms with Crippen molar-refractivity contribution < 1.29 is 23.9 Å². The first-order valence-electron chi connectivity index (χ1n) is 10.3. The molecule has 5 heteroatoms. The van der Waals surface area contributed by atoms with Crippen molar-refractivity contribution in [1.82, 2.24) is 0 Å². The summed E-state index contributed by atoms with van der Waals surface area (Å²) in [7, 11) is 6.23. The molecule has 0 amide bonds. The molecule has 2 heterocycles. The van der Waals surface area contributed by atoms with Crippen LogP contribution in [0, 0.1) is 0 Å². The molecular formula is C24H30NO4+. The highest BCUT2D eigenvalue weighted by Crippen LogP contribution is 2.43. The third kappa shape index (κ3) is 3.37. The van der Waals surface area contributed by atoms with E-state index in [0.717, 1.165) is 23.7 Å². The van der Waals surface area contributed by atoms with Crippen molar-refractivity contribution in [2.45, 2.75) is 49.2 Å². The van der Waals surface area contributed by atoms with Gasteiger partial charge in [-0.3, -0.25) is 0 Å². The Balaban J connectivity index is 1.61. The van der Waals surface area contributed by atoms with E-state index < -0.39 is 11.6 Å². The van der Waals surface area contributed by atoms with Crippen LogP contribution in [0.1, 0.15) is 30.4 Å². The summed E-state index contributed by atoms with van der Waals surface area (Å²) in [5.74, 6) is -0.611. The number of carbonyl (C=O) groups is 1. The predicted molar refractivity (Wildman–Crippen MR) is 110 cm³/mol. The monoisotopic (exact) mass is 396 g/mol. The molecule has 0 unspecified atom stereocenters. The van der Waals surface area contributed by atoms with Crippen LogP contribution in [0.3, 0.4) is 0 Å². The van der Waals surface area contributed by atoms with Crippen LogP contribution in [-0.4, -0.2) is 61.1 Å². The number of piperidine rings is 1. The zero-order valence-corrected chi connectivity index (χ0v) is 17.3. The summed E-state index contributed by atoms with van der Waals surface area (Å²) in [6.45, 7) is 0. The number of hydrogen-bond acceptors (Lipinski definition) is 4. The maximum atomic E-state index is 13.4. The molecule has 1 N–H and O–H groups in total. The van der Waals surface area contributed by atoms with Crippen molar-refractivity contribution in [3.05, 3.63) is 71.8 Å². The average molecular weight is 397 g/mol. The molecule has 0 spiro atoms. The fourth-order valence-electron chi connectivity index (χ4n) is 5.20. The largest absolute Gasteiger partial charge is 0.459 e. The van der Waals surface area contributed by atoms with Gasteiger partial charge < -0.3 is 19.1 Å². The lowest BCUT2D eigenvalue weighted by Gasteiger charge is -2.44. The third-order valence-corrected chi connectivity index (χ3v) is 7.02. The summed E-state index contributed by atoms with van der Waals surface area (Å²) in [6, 6.07) is 18.7. The molecule has 154 valence electrons. The van der Waals surface area contributed by atoms with Crippen LogP contribution in [-0.2, 0) is 19.9 Å². The summed E-state index contributed by atoms with van der Waals surface area (Å²) in [4.78, 5) is 13.4. The first kappa shape index (κ1) is 20.1. The number of methoxy groups -OCH3 is 1. The second-order valence-electron chi connectivity index (χ2n) is 8.80. The van der Waals surface area contributed by atoms with E-state index in [9.17, 15) is 9.90 Å². The van der Waals surface area contributed by atoms with Gasteiger partial charge in [0.05, 0.1) is 20.1 Å². The van der Waals surface area contributed by atoms with E-state index in [4.69, 9.17) is 9.47 Å². The summed E-state index contributed by atoms with van der Waals surface area (Å²) in [5, 5.41) is 11.6. The number of rotatable bonds is 5. The number of hydrogen-bond donors (Lipinski definition) is 1. The Hall–Kier alpha value is -2.21. The van der Waals surface area contributed by atoms with Gasteiger partial charge in [-0.05, 0) is 11.1 Å². The van der Waals surface area contributed by atoms with E-state index in [1.165, 1.54) is 0 Å². The Morgan fingerprint density at radius 1 is 0.966 bits per heavy atom.